The topological polar surface area (TPSA) is 128 Å². The number of hydrazone groups is 1. The number of hydrogen-bond donors (Lipinski definition) is 1. The van der Waals surface area contributed by atoms with E-state index in [0.717, 1.165) is 12.1 Å². The largest absolute Gasteiger partial charge is 0.301 e. The molecule has 0 spiro atoms. The molecule has 0 heterocycles. The van der Waals surface area contributed by atoms with Crippen LogP contribution in [0, 0.1) is 20.2 Å². The van der Waals surface area contributed by atoms with Gasteiger partial charge in [-0.15, -0.1) is 0 Å². The molecule has 0 unspecified atom stereocenters. The molecule has 0 aromatic heterocycles. The van der Waals surface area contributed by atoms with Crippen LogP contribution in [-0.4, -0.2) is 21.3 Å². The van der Waals surface area contributed by atoms with Crippen LogP contribution < -0.4 is 5.43 Å². The van der Waals surface area contributed by atoms with Crippen molar-refractivity contribution in [3.8, 4) is 0 Å². The number of benzene rings is 3. The molecule has 0 amide bonds. The first-order chi connectivity index (χ1) is 14.5. The number of carbonyl (C=O) groups is 1. The van der Waals surface area contributed by atoms with Gasteiger partial charge < -0.3 is 0 Å². The Morgan fingerprint density at radius 1 is 0.833 bits per heavy atom. The summed E-state index contributed by atoms with van der Waals surface area (Å²) >= 11 is 0. The highest BCUT2D eigenvalue weighted by atomic mass is 16.6. The first-order valence-corrected chi connectivity index (χ1v) is 8.85. The standard InChI is InChI=1S/C21H16N4O5/c26-21(16-9-5-2-6-10-16)14-19(15-7-3-1-4-8-15)23-22-18-12-11-17(24(27)28)13-20(18)25(29)30/h1-13,22H,14H2. The Hall–Kier alpha value is -4.40. The lowest BCUT2D eigenvalue weighted by molar-refractivity contribution is -0.393. The highest BCUT2D eigenvalue weighted by Gasteiger charge is 2.20. The number of carbonyl (C=O) groups excluding carboxylic acids is 1. The lowest BCUT2D eigenvalue weighted by Crippen LogP contribution is -2.12. The third-order valence-electron chi connectivity index (χ3n) is 4.23. The Morgan fingerprint density at radius 2 is 1.43 bits per heavy atom. The van der Waals surface area contributed by atoms with Gasteiger partial charge in [0.05, 0.1) is 28.0 Å². The zero-order chi connectivity index (χ0) is 21.5. The van der Waals surface area contributed by atoms with E-state index in [-0.39, 0.29) is 17.9 Å². The van der Waals surface area contributed by atoms with Gasteiger partial charge in [-0.2, -0.15) is 5.10 Å². The molecule has 0 aliphatic heterocycles. The average molecular weight is 404 g/mol. The second-order valence-electron chi connectivity index (χ2n) is 6.22. The van der Waals surface area contributed by atoms with E-state index < -0.39 is 21.2 Å². The van der Waals surface area contributed by atoms with Gasteiger partial charge in [0.1, 0.15) is 5.69 Å². The molecule has 0 radical (unpaired) electrons. The third-order valence-corrected chi connectivity index (χ3v) is 4.23. The van der Waals surface area contributed by atoms with Crippen molar-refractivity contribution >= 4 is 28.6 Å². The fourth-order valence-corrected chi connectivity index (χ4v) is 2.72. The molecule has 0 fully saturated rings. The molecule has 0 saturated heterocycles. The number of non-ortho nitro benzene ring substituents is 1. The summed E-state index contributed by atoms with van der Waals surface area (Å²) in [6.45, 7) is 0. The monoisotopic (exact) mass is 404 g/mol. The van der Waals surface area contributed by atoms with Crippen LogP contribution in [0.3, 0.4) is 0 Å². The van der Waals surface area contributed by atoms with Crippen LogP contribution in [0.5, 0.6) is 0 Å². The molecular weight excluding hydrogens is 388 g/mol. The van der Waals surface area contributed by atoms with E-state index in [1.807, 2.05) is 6.07 Å². The molecule has 0 saturated carbocycles. The lowest BCUT2D eigenvalue weighted by Gasteiger charge is -2.08. The molecule has 0 aliphatic rings. The number of Topliss-reactive ketones (excluding diaryl/α,β-unsaturated/α-hetero) is 1. The zero-order valence-corrected chi connectivity index (χ0v) is 15.6. The summed E-state index contributed by atoms with van der Waals surface area (Å²) in [7, 11) is 0. The maximum Gasteiger partial charge on any atom is 0.301 e. The normalized spacial score (nSPS) is 11.0. The molecule has 1 N–H and O–H groups in total. The SMILES string of the molecule is O=C(CC(=NNc1ccc([N+](=O)[O-])cc1[N+](=O)[O-])c1ccccc1)c1ccccc1. The number of nitro benzene ring substituents is 2. The average Bonchev–Trinajstić information content (AvgIpc) is 2.77. The summed E-state index contributed by atoms with van der Waals surface area (Å²) in [4.78, 5) is 33.4. The van der Waals surface area contributed by atoms with Crippen LogP contribution in [0.25, 0.3) is 0 Å². The second-order valence-corrected chi connectivity index (χ2v) is 6.22. The minimum absolute atomic E-state index is 0.0220. The number of nitrogens with one attached hydrogen (secondary N) is 1. The maximum atomic E-state index is 12.6. The van der Waals surface area contributed by atoms with E-state index in [9.17, 15) is 25.0 Å². The van der Waals surface area contributed by atoms with Crippen molar-refractivity contribution in [1.82, 2.24) is 0 Å². The van der Waals surface area contributed by atoms with Gasteiger partial charge in [0.15, 0.2) is 5.78 Å². The number of hydrogen-bond acceptors (Lipinski definition) is 7. The smallest absolute Gasteiger partial charge is 0.294 e. The number of nitro groups is 2. The predicted octanol–water partition coefficient (Wildman–Crippen LogP) is 4.59. The molecule has 3 aromatic rings. The van der Waals surface area contributed by atoms with E-state index in [1.54, 1.807) is 54.6 Å². The van der Waals surface area contributed by atoms with E-state index in [0.29, 0.717) is 16.8 Å². The number of rotatable bonds is 8. The van der Waals surface area contributed by atoms with Gasteiger partial charge in [-0.1, -0.05) is 60.7 Å². The molecular formula is C21H16N4O5. The van der Waals surface area contributed by atoms with Crippen molar-refractivity contribution in [1.29, 1.82) is 0 Å². The Balaban J connectivity index is 1.94. The molecule has 30 heavy (non-hydrogen) atoms. The van der Waals surface area contributed by atoms with E-state index >= 15 is 0 Å². The van der Waals surface area contributed by atoms with Crippen LogP contribution in [0.1, 0.15) is 22.3 Å². The minimum atomic E-state index is -0.734. The van der Waals surface area contributed by atoms with E-state index in [1.165, 1.54) is 6.07 Å². The number of anilines is 1. The highest BCUT2D eigenvalue weighted by molar-refractivity contribution is 6.16. The fraction of sp³-hybridized carbons (Fsp3) is 0.0476. The first-order valence-electron chi connectivity index (χ1n) is 8.85. The summed E-state index contributed by atoms with van der Waals surface area (Å²) in [5, 5.41) is 26.4. The Bertz CT molecular complexity index is 1110. The predicted molar refractivity (Wildman–Crippen MR) is 112 cm³/mol. The van der Waals surface area contributed by atoms with Gasteiger partial charge in [0.2, 0.25) is 0 Å². The van der Waals surface area contributed by atoms with Gasteiger partial charge in [-0.3, -0.25) is 30.4 Å². The Morgan fingerprint density at radius 3 is 2.00 bits per heavy atom. The third kappa shape index (κ3) is 4.90. The Labute approximate surface area is 171 Å². The molecule has 3 aromatic carbocycles. The van der Waals surface area contributed by atoms with Gasteiger partial charge in [0, 0.05) is 11.6 Å². The summed E-state index contributed by atoms with van der Waals surface area (Å²) < 4.78 is 0. The van der Waals surface area contributed by atoms with Crippen LogP contribution >= 0.6 is 0 Å². The van der Waals surface area contributed by atoms with E-state index in [4.69, 9.17) is 0 Å². The van der Waals surface area contributed by atoms with Crippen LogP contribution in [0.4, 0.5) is 17.1 Å². The van der Waals surface area contributed by atoms with Gasteiger partial charge >= 0.3 is 5.69 Å². The van der Waals surface area contributed by atoms with Gasteiger partial charge in [-0.05, 0) is 11.6 Å². The number of ketones is 1. The Kier molecular flexibility index (Phi) is 6.23. The molecule has 9 heteroatoms. The molecule has 0 atom stereocenters. The second kappa shape index (κ2) is 9.20. The van der Waals surface area contributed by atoms with Crippen LogP contribution in [0.2, 0.25) is 0 Å². The van der Waals surface area contributed by atoms with Crippen molar-refractivity contribution in [2.24, 2.45) is 5.10 Å². The van der Waals surface area contributed by atoms with E-state index in [2.05, 4.69) is 10.5 Å². The molecule has 0 aliphatic carbocycles. The van der Waals surface area contributed by atoms with Gasteiger partial charge in [-0.25, -0.2) is 0 Å². The number of nitrogens with zero attached hydrogens (tertiary/aromatic N) is 3. The van der Waals surface area contributed by atoms with Crippen molar-refractivity contribution in [3.05, 3.63) is 110 Å². The molecule has 9 nitrogen and oxygen atoms in total. The van der Waals surface area contributed by atoms with Crippen molar-refractivity contribution in [2.45, 2.75) is 6.42 Å². The van der Waals surface area contributed by atoms with Crippen molar-refractivity contribution < 1.29 is 14.6 Å². The first kappa shape index (κ1) is 20.3. The molecule has 150 valence electrons. The summed E-state index contributed by atoms with van der Waals surface area (Å²) in [6.07, 6.45) is -0.0399. The fourth-order valence-electron chi connectivity index (χ4n) is 2.72. The van der Waals surface area contributed by atoms with Crippen LogP contribution in [-0.2, 0) is 0 Å². The quantitative estimate of drug-likeness (QED) is 0.253. The van der Waals surface area contributed by atoms with Crippen molar-refractivity contribution in [3.63, 3.8) is 0 Å². The summed E-state index contributed by atoms with van der Waals surface area (Å²) in [5.74, 6) is -0.168. The summed E-state index contributed by atoms with van der Waals surface area (Å²) in [5.41, 5.74) is 3.22. The highest BCUT2D eigenvalue weighted by Crippen LogP contribution is 2.29. The lowest BCUT2D eigenvalue weighted by atomic mass is 10.0. The zero-order valence-electron chi connectivity index (χ0n) is 15.6. The summed E-state index contributed by atoms with van der Waals surface area (Å²) in [6, 6.07) is 20.8. The van der Waals surface area contributed by atoms with Crippen LogP contribution in [0.15, 0.2) is 84.0 Å². The van der Waals surface area contributed by atoms with Crippen molar-refractivity contribution in [2.75, 3.05) is 5.43 Å². The van der Waals surface area contributed by atoms with Gasteiger partial charge in [0.25, 0.3) is 5.69 Å². The maximum absolute atomic E-state index is 12.6. The minimum Gasteiger partial charge on any atom is -0.294 e. The molecule has 3 rings (SSSR count). The molecule has 0 bridgehead atoms.